The van der Waals surface area contributed by atoms with Gasteiger partial charge in [-0.05, 0) is 55.4 Å². The fourth-order valence-electron chi connectivity index (χ4n) is 4.27. The van der Waals surface area contributed by atoms with Gasteiger partial charge in [-0.1, -0.05) is 36.4 Å². The Morgan fingerprint density at radius 1 is 1.08 bits per heavy atom. The summed E-state index contributed by atoms with van der Waals surface area (Å²) in [4.78, 5) is 13.1. The zero-order chi connectivity index (χ0) is 17.3. The van der Waals surface area contributed by atoms with Crippen LogP contribution in [0.2, 0.25) is 0 Å². The van der Waals surface area contributed by atoms with Gasteiger partial charge in [0, 0.05) is 18.1 Å². The van der Waals surface area contributed by atoms with E-state index in [-0.39, 0.29) is 5.41 Å². The normalized spacial score (nSPS) is 25.2. The fraction of sp³-hybridized carbons (Fsp3) is 0.409. The third-order valence-corrected chi connectivity index (χ3v) is 5.81. The molecule has 0 saturated heterocycles. The van der Waals surface area contributed by atoms with Gasteiger partial charge in [0.15, 0.2) is 5.78 Å². The van der Waals surface area contributed by atoms with E-state index in [4.69, 9.17) is 9.47 Å². The first-order valence-electron chi connectivity index (χ1n) is 9.07. The average molecular weight is 336 g/mol. The van der Waals surface area contributed by atoms with Crippen molar-refractivity contribution in [1.82, 2.24) is 0 Å². The minimum Gasteiger partial charge on any atom is -0.489 e. The topological polar surface area (TPSA) is 35.5 Å². The molecule has 0 aromatic heterocycles. The largest absolute Gasteiger partial charge is 0.489 e. The second-order valence-electron chi connectivity index (χ2n) is 7.31. The molecule has 0 bridgehead atoms. The predicted octanol–water partition coefficient (Wildman–Crippen LogP) is 4.58. The van der Waals surface area contributed by atoms with Crippen LogP contribution in [-0.4, -0.2) is 19.0 Å². The van der Waals surface area contributed by atoms with Crippen molar-refractivity contribution in [2.75, 3.05) is 7.11 Å². The first kappa shape index (κ1) is 16.3. The number of fused-ring (bicyclic) bond motifs is 1. The van der Waals surface area contributed by atoms with E-state index in [9.17, 15) is 4.79 Å². The molecule has 0 unspecified atom stereocenters. The number of methoxy groups -OCH3 is 1. The van der Waals surface area contributed by atoms with Crippen LogP contribution in [0, 0.1) is 5.41 Å². The number of rotatable bonds is 4. The minimum atomic E-state index is -0.199. The van der Waals surface area contributed by atoms with E-state index >= 15 is 0 Å². The minimum absolute atomic E-state index is 0.199. The highest BCUT2D eigenvalue weighted by Crippen LogP contribution is 2.48. The molecule has 3 heteroatoms. The highest BCUT2D eigenvalue weighted by atomic mass is 16.5. The van der Waals surface area contributed by atoms with E-state index in [0.717, 1.165) is 49.0 Å². The summed E-state index contributed by atoms with van der Waals surface area (Å²) in [6.45, 7) is 0.522. The van der Waals surface area contributed by atoms with Crippen molar-refractivity contribution in [2.24, 2.45) is 5.41 Å². The highest BCUT2D eigenvalue weighted by molar-refractivity contribution is 6.05. The molecule has 0 aliphatic heterocycles. The van der Waals surface area contributed by atoms with Crippen molar-refractivity contribution in [2.45, 2.75) is 44.8 Å². The predicted molar refractivity (Wildman–Crippen MR) is 96.9 cm³/mol. The molecule has 0 atom stereocenters. The number of benzene rings is 2. The Labute approximate surface area is 149 Å². The van der Waals surface area contributed by atoms with Gasteiger partial charge < -0.3 is 9.47 Å². The number of hydrogen-bond donors (Lipinski definition) is 0. The van der Waals surface area contributed by atoms with E-state index in [1.165, 1.54) is 5.56 Å². The lowest BCUT2D eigenvalue weighted by atomic mass is 9.70. The number of hydrogen-bond acceptors (Lipinski definition) is 3. The summed E-state index contributed by atoms with van der Waals surface area (Å²) in [5.41, 5.74) is 2.97. The van der Waals surface area contributed by atoms with Crippen molar-refractivity contribution in [3.8, 4) is 5.75 Å². The van der Waals surface area contributed by atoms with E-state index in [1.54, 1.807) is 7.11 Å². The molecule has 1 spiro atoms. The molecule has 0 N–H and O–H groups in total. The molecule has 2 aromatic carbocycles. The first-order chi connectivity index (χ1) is 12.2. The molecule has 2 aromatic rings. The lowest BCUT2D eigenvalue weighted by Crippen LogP contribution is -2.35. The van der Waals surface area contributed by atoms with Crippen LogP contribution in [0.15, 0.2) is 48.5 Å². The Morgan fingerprint density at radius 3 is 2.56 bits per heavy atom. The maximum absolute atomic E-state index is 13.1. The summed E-state index contributed by atoms with van der Waals surface area (Å²) >= 11 is 0. The maximum atomic E-state index is 13.1. The first-order valence-corrected chi connectivity index (χ1v) is 9.07. The van der Waals surface area contributed by atoms with Crippen molar-refractivity contribution in [3.63, 3.8) is 0 Å². The number of Topliss-reactive ketones (excluding diaryl/α,β-unsaturated/α-hetero) is 1. The van der Waals surface area contributed by atoms with Gasteiger partial charge in [-0.25, -0.2) is 0 Å². The number of ether oxygens (including phenoxy) is 2. The lowest BCUT2D eigenvalue weighted by Gasteiger charge is -2.35. The van der Waals surface area contributed by atoms with Crippen molar-refractivity contribution in [3.05, 3.63) is 65.2 Å². The van der Waals surface area contributed by atoms with Crippen molar-refractivity contribution >= 4 is 5.78 Å². The molecule has 0 radical (unpaired) electrons. The average Bonchev–Trinajstić information content (AvgIpc) is 2.93. The smallest absolute Gasteiger partial charge is 0.169 e. The molecule has 130 valence electrons. The zero-order valence-corrected chi connectivity index (χ0v) is 14.7. The summed E-state index contributed by atoms with van der Waals surface area (Å²) in [6.07, 6.45) is 5.00. The molecule has 2 aliphatic rings. The molecular formula is C22H24O3. The summed E-state index contributed by atoms with van der Waals surface area (Å²) in [5.74, 6) is 1.08. The molecule has 3 nitrogen and oxygen atoms in total. The van der Waals surface area contributed by atoms with Crippen LogP contribution >= 0.6 is 0 Å². The van der Waals surface area contributed by atoms with Gasteiger partial charge in [0.2, 0.25) is 0 Å². The summed E-state index contributed by atoms with van der Waals surface area (Å²) in [6, 6.07) is 16.1. The van der Waals surface area contributed by atoms with Crippen molar-refractivity contribution in [1.29, 1.82) is 0 Å². The monoisotopic (exact) mass is 336 g/mol. The van der Waals surface area contributed by atoms with Crippen LogP contribution in [0.3, 0.4) is 0 Å². The SMILES string of the molecule is CO[C@H]1CC[C@]2(CC1)Cc1ccc(OCc3ccccc3)cc1C2=O. The van der Waals surface area contributed by atoms with Gasteiger partial charge >= 0.3 is 0 Å². The van der Waals surface area contributed by atoms with Crippen LogP contribution in [0.5, 0.6) is 5.75 Å². The highest BCUT2D eigenvalue weighted by Gasteiger charge is 2.47. The van der Waals surface area contributed by atoms with E-state index in [2.05, 4.69) is 6.07 Å². The second-order valence-corrected chi connectivity index (χ2v) is 7.31. The Hall–Kier alpha value is -2.13. The third kappa shape index (κ3) is 3.09. The van der Waals surface area contributed by atoms with Crippen LogP contribution < -0.4 is 4.74 Å². The molecule has 0 heterocycles. The molecule has 1 fully saturated rings. The lowest BCUT2D eigenvalue weighted by molar-refractivity contribution is 0.0285. The van der Waals surface area contributed by atoms with Crippen LogP contribution in [0.4, 0.5) is 0 Å². The number of ketones is 1. The number of carbonyl (C=O) groups excluding carboxylic acids is 1. The molecule has 0 amide bonds. The second kappa shape index (κ2) is 6.64. The molecule has 2 aliphatic carbocycles. The fourth-order valence-corrected chi connectivity index (χ4v) is 4.27. The van der Waals surface area contributed by atoms with Gasteiger partial charge in [-0.15, -0.1) is 0 Å². The molecule has 25 heavy (non-hydrogen) atoms. The molecule has 1 saturated carbocycles. The van der Waals surface area contributed by atoms with Crippen molar-refractivity contribution < 1.29 is 14.3 Å². The summed E-state index contributed by atoms with van der Waals surface area (Å²) in [5, 5.41) is 0. The Balaban J connectivity index is 1.49. The van der Waals surface area contributed by atoms with Gasteiger partial charge in [-0.2, -0.15) is 0 Å². The quantitative estimate of drug-likeness (QED) is 0.820. The maximum Gasteiger partial charge on any atom is 0.169 e. The Morgan fingerprint density at radius 2 is 1.84 bits per heavy atom. The number of carbonyl (C=O) groups is 1. The van der Waals surface area contributed by atoms with E-state index in [1.807, 2.05) is 42.5 Å². The van der Waals surface area contributed by atoms with Gasteiger partial charge in [0.25, 0.3) is 0 Å². The van der Waals surface area contributed by atoms with Crippen LogP contribution in [-0.2, 0) is 17.8 Å². The van der Waals surface area contributed by atoms with E-state index < -0.39 is 0 Å². The summed E-state index contributed by atoms with van der Waals surface area (Å²) in [7, 11) is 1.77. The summed E-state index contributed by atoms with van der Waals surface area (Å²) < 4.78 is 11.4. The van der Waals surface area contributed by atoms with Crippen LogP contribution in [0.1, 0.15) is 47.2 Å². The standard InChI is InChI=1S/C22H24O3/c1-24-18-9-11-22(12-10-18)14-17-7-8-19(13-20(17)21(22)23)25-15-16-5-3-2-4-6-16/h2-8,13,18H,9-12,14-15H2,1H3/t18-,22-. The zero-order valence-electron chi connectivity index (χ0n) is 14.7. The molecule has 4 rings (SSSR count). The van der Waals surface area contributed by atoms with E-state index in [0.29, 0.717) is 18.5 Å². The Bertz CT molecular complexity index is 758. The van der Waals surface area contributed by atoms with Gasteiger partial charge in [0.05, 0.1) is 6.10 Å². The molecular weight excluding hydrogens is 312 g/mol. The van der Waals surface area contributed by atoms with Crippen LogP contribution in [0.25, 0.3) is 0 Å². The third-order valence-electron chi connectivity index (χ3n) is 5.81. The Kier molecular flexibility index (Phi) is 4.34. The van der Waals surface area contributed by atoms with Gasteiger partial charge in [-0.3, -0.25) is 4.79 Å². The van der Waals surface area contributed by atoms with Gasteiger partial charge in [0.1, 0.15) is 12.4 Å².